The number of aromatic nitrogens is 3. The van der Waals surface area contributed by atoms with Crippen molar-refractivity contribution in [3.05, 3.63) is 77.1 Å². The number of ether oxygens (including phenoxy) is 1. The standard InChI is InChI=1S/C19H20N4O2/c1-14-7-3-4-9-16(14)12-23-13-17(21-22-23)19(24)20-11-15-8-5-6-10-18(15)25-2/h3-10,13H,11-12H2,1-2H3,(H,20,24). The number of rotatable bonds is 6. The Morgan fingerprint density at radius 3 is 2.60 bits per heavy atom. The highest BCUT2D eigenvalue weighted by molar-refractivity contribution is 5.91. The van der Waals surface area contributed by atoms with Gasteiger partial charge in [0.25, 0.3) is 5.91 Å². The number of methoxy groups -OCH3 is 1. The van der Waals surface area contributed by atoms with Crippen LogP contribution in [0.4, 0.5) is 0 Å². The van der Waals surface area contributed by atoms with Gasteiger partial charge in [-0.3, -0.25) is 4.79 Å². The van der Waals surface area contributed by atoms with Gasteiger partial charge in [-0.2, -0.15) is 0 Å². The van der Waals surface area contributed by atoms with Gasteiger partial charge < -0.3 is 10.1 Å². The molecule has 1 N–H and O–H groups in total. The van der Waals surface area contributed by atoms with E-state index in [1.54, 1.807) is 18.0 Å². The molecule has 1 aromatic heterocycles. The largest absolute Gasteiger partial charge is 0.496 e. The van der Waals surface area contributed by atoms with E-state index in [1.165, 1.54) is 5.56 Å². The average Bonchev–Trinajstić information content (AvgIpc) is 3.10. The van der Waals surface area contributed by atoms with Crippen LogP contribution in [0.3, 0.4) is 0 Å². The minimum Gasteiger partial charge on any atom is -0.496 e. The molecular formula is C19H20N4O2. The van der Waals surface area contributed by atoms with Gasteiger partial charge >= 0.3 is 0 Å². The maximum absolute atomic E-state index is 12.3. The Morgan fingerprint density at radius 1 is 1.12 bits per heavy atom. The fraction of sp³-hybridized carbons (Fsp3) is 0.211. The molecule has 3 aromatic rings. The first kappa shape index (κ1) is 16.7. The number of para-hydroxylation sites is 1. The van der Waals surface area contributed by atoms with Gasteiger partial charge in [-0.05, 0) is 24.1 Å². The van der Waals surface area contributed by atoms with E-state index in [0.717, 1.165) is 16.9 Å². The maximum atomic E-state index is 12.3. The highest BCUT2D eigenvalue weighted by Crippen LogP contribution is 2.16. The van der Waals surface area contributed by atoms with Crippen LogP contribution in [0.5, 0.6) is 5.75 Å². The summed E-state index contributed by atoms with van der Waals surface area (Å²) < 4.78 is 6.95. The van der Waals surface area contributed by atoms with Crippen LogP contribution in [-0.4, -0.2) is 28.0 Å². The summed E-state index contributed by atoms with van der Waals surface area (Å²) in [6.45, 7) is 3.00. The smallest absolute Gasteiger partial charge is 0.273 e. The number of hydrogen-bond donors (Lipinski definition) is 1. The van der Waals surface area contributed by atoms with E-state index in [0.29, 0.717) is 18.8 Å². The van der Waals surface area contributed by atoms with Crippen LogP contribution in [0.1, 0.15) is 27.2 Å². The number of nitrogens with one attached hydrogen (secondary N) is 1. The summed E-state index contributed by atoms with van der Waals surface area (Å²) in [6, 6.07) is 15.6. The van der Waals surface area contributed by atoms with E-state index in [1.807, 2.05) is 55.5 Å². The van der Waals surface area contributed by atoms with Crippen molar-refractivity contribution in [2.75, 3.05) is 7.11 Å². The number of nitrogens with zero attached hydrogens (tertiary/aromatic N) is 3. The number of aryl methyl sites for hydroxylation is 1. The normalized spacial score (nSPS) is 10.5. The summed E-state index contributed by atoms with van der Waals surface area (Å²) in [7, 11) is 1.61. The summed E-state index contributed by atoms with van der Waals surface area (Å²) >= 11 is 0. The topological polar surface area (TPSA) is 69.0 Å². The Kier molecular flexibility index (Phi) is 5.09. The Balaban J connectivity index is 1.64. The lowest BCUT2D eigenvalue weighted by molar-refractivity contribution is 0.0945. The Bertz CT molecular complexity index is 873. The van der Waals surface area contributed by atoms with Crippen LogP contribution in [0.25, 0.3) is 0 Å². The second-order valence-electron chi connectivity index (χ2n) is 5.72. The predicted molar refractivity (Wildman–Crippen MR) is 94.5 cm³/mol. The molecule has 1 amide bonds. The zero-order valence-electron chi connectivity index (χ0n) is 14.3. The molecule has 0 aliphatic carbocycles. The number of carbonyl (C=O) groups excluding carboxylic acids is 1. The first-order valence-electron chi connectivity index (χ1n) is 8.02. The van der Waals surface area contributed by atoms with Crippen LogP contribution in [-0.2, 0) is 13.1 Å². The molecule has 0 aliphatic rings. The monoisotopic (exact) mass is 336 g/mol. The van der Waals surface area contributed by atoms with E-state index in [9.17, 15) is 4.79 Å². The Hall–Kier alpha value is -3.15. The molecule has 128 valence electrons. The van der Waals surface area contributed by atoms with Gasteiger partial charge in [0, 0.05) is 12.1 Å². The van der Waals surface area contributed by atoms with Gasteiger partial charge in [0.05, 0.1) is 19.9 Å². The van der Waals surface area contributed by atoms with Gasteiger partial charge in [0.15, 0.2) is 5.69 Å². The molecule has 3 rings (SSSR count). The van der Waals surface area contributed by atoms with Crippen LogP contribution in [0.2, 0.25) is 0 Å². The van der Waals surface area contributed by atoms with E-state index in [-0.39, 0.29) is 5.91 Å². The van der Waals surface area contributed by atoms with Crippen molar-refractivity contribution in [1.82, 2.24) is 20.3 Å². The molecule has 0 radical (unpaired) electrons. The van der Waals surface area contributed by atoms with Crippen LogP contribution < -0.4 is 10.1 Å². The van der Waals surface area contributed by atoms with Crippen molar-refractivity contribution in [3.63, 3.8) is 0 Å². The molecule has 0 fully saturated rings. The van der Waals surface area contributed by atoms with Crippen molar-refractivity contribution < 1.29 is 9.53 Å². The first-order chi connectivity index (χ1) is 12.2. The maximum Gasteiger partial charge on any atom is 0.273 e. The van der Waals surface area contributed by atoms with Crippen LogP contribution in [0.15, 0.2) is 54.7 Å². The minimum absolute atomic E-state index is 0.262. The lowest BCUT2D eigenvalue weighted by atomic mass is 10.1. The van der Waals surface area contributed by atoms with Gasteiger partial charge in [-0.1, -0.05) is 47.7 Å². The summed E-state index contributed by atoms with van der Waals surface area (Å²) in [5.74, 6) is 0.480. The molecule has 0 saturated carbocycles. The third-order valence-electron chi connectivity index (χ3n) is 4.00. The zero-order valence-corrected chi connectivity index (χ0v) is 14.3. The van der Waals surface area contributed by atoms with E-state index in [2.05, 4.69) is 15.6 Å². The lowest BCUT2D eigenvalue weighted by Crippen LogP contribution is -2.23. The van der Waals surface area contributed by atoms with Crippen molar-refractivity contribution in [3.8, 4) is 5.75 Å². The second kappa shape index (κ2) is 7.61. The summed E-state index contributed by atoms with van der Waals surface area (Å²) in [4.78, 5) is 12.3. The average molecular weight is 336 g/mol. The molecule has 6 heteroatoms. The summed E-state index contributed by atoms with van der Waals surface area (Å²) in [5.41, 5.74) is 3.53. The SMILES string of the molecule is COc1ccccc1CNC(=O)c1cn(Cc2ccccc2C)nn1. The van der Waals surface area contributed by atoms with Gasteiger partial charge in [0.1, 0.15) is 5.75 Å². The molecule has 25 heavy (non-hydrogen) atoms. The van der Waals surface area contributed by atoms with Gasteiger partial charge in [0.2, 0.25) is 0 Å². The summed E-state index contributed by atoms with van der Waals surface area (Å²) in [5, 5.41) is 10.9. The Morgan fingerprint density at radius 2 is 1.84 bits per heavy atom. The molecule has 0 bridgehead atoms. The highest BCUT2D eigenvalue weighted by atomic mass is 16.5. The molecule has 0 aliphatic heterocycles. The molecule has 0 unspecified atom stereocenters. The molecule has 2 aromatic carbocycles. The van der Waals surface area contributed by atoms with E-state index in [4.69, 9.17) is 4.74 Å². The number of hydrogen-bond acceptors (Lipinski definition) is 4. The quantitative estimate of drug-likeness (QED) is 0.751. The fourth-order valence-corrected chi connectivity index (χ4v) is 2.56. The zero-order chi connectivity index (χ0) is 17.6. The van der Waals surface area contributed by atoms with Crippen molar-refractivity contribution >= 4 is 5.91 Å². The molecule has 1 heterocycles. The van der Waals surface area contributed by atoms with E-state index >= 15 is 0 Å². The number of amides is 1. The number of benzene rings is 2. The minimum atomic E-state index is -0.262. The molecule has 0 saturated heterocycles. The molecule has 0 atom stereocenters. The lowest BCUT2D eigenvalue weighted by Gasteiger charge is -2.08. The predicted octanol–water partition coefficient (Wildman–Crippen LogP) is 2.57. The third-order valence-corrected chi connectivity index (χ3v) is 4.00. The fourth-order valence-electron chi connectivity index (χ4n) is 2.56. The van der Waals surface area contributed by atoms with Crippen molar-refractivity contribution in [1.29, 1.82) is 0 Å². The van der Waals surface area contributed by atoms with Crippen LogP contribution >= 0.6 is 0 Å². The third kappa shape index (κ3) is 4.03. The molecule has 0 spiro atoms. The number of carbonyl (C=O) groups is 1. The first-order valence-corrected chi connectivity index (χ1v) is 8.02. The van der Waals surface area contributed by atoms with Crippen molar-refractivity contribution in [2.24, 2.45) is 0 Å². The molecule has 6 nitrogen and oxygen atoms in total. The molecular weight excluding hydrogens is 316 g/mol. The van der Waals surface area contributed by atoms with Crippen molar-refractivity contribution in [2.45, 2.75) is 20.0 Å². The van der Waals surface area contributed by atoms with Crippen LogP contribution in [0, 0.1) is 6.92 Å². The highest BCUT2D eigenvalue weighted by Gasteiger charge is 2.12. The second-order valence-corrected chi connectivity index (χ2v) is 5.72. The summed E-state index contributed by atoms with van der Waals surface area (Å²) in [6.07, 6.45) is 1.66. The van der Waals surface area contributed by atoms with Gasteiger partial charge in [-0.15, -0.1) is 5.10 Å². The van der Waals surface area contributed by atoms with Gasteiger partial charge in [-0.25, -0.2) is 4.68 Å². The van der Waals surface area contributed by atoms with E-state index < -0.39 is 0 Å². The Labute approximate surface area is 146 Å².